The summed E-state index contributed by atoms with van der Waals surface area (Å²) in [7, 11) is 1.92. The van der Waals surface area contributed by atoms with Gasteiger partial charge in [0.2, 0.25) is 0 Å². The lowest BCUT2D eigenvalue weighted by Crippen LogP contribution is -2.22. The SMILES string of the molecule is C.COc1cc(Br)c(C=O)cc1O.COc1cc(Br)c(C=O)cc1OCOCC[Si](C)(C)C. The molecular weight excluding hydrogens is 576 g/mol. The van der Waals surface area contributed by atoms with Gasteiger partial charge in [0.25, 0.3) is 0 Å². The number of aldehydes is 2. The average Bonchev–Trinajstić information content (AvgIpc) is 2.74. The minimum absolute atomic E-state index is 0. The molecule has 0 aliphatic rings. The Morgan fingerprint density at radius 2 is 1.39 bits per heavy atom. The fraction of sp³-hybridized carbons (Fsp3) is 0.391. The van der Waals surface area contributed by atoms with Crippen LogP contribution in [0, 0.1) is 0 Å². The van der Waals surface area contributed by atoms with Crippen molar-refractivity contribution in [3.63, 3.8) is 0 Å². The van der Waals surface area contributed by atoms with Gasteiger partial charge in [-0.1, -0.05) is 27.1 Å². The predicted octanol–water partition coefficient (Wildman–Crippen LogP) is 6.57. The van der Waals surface area contributed by atoms with Gasteiger partial charge in [-0.2, -0.15) is 0 Å². The van der Waals surface area contributed by atoms with Crippen LogP contribution in [0.3, 0.4) is 0 Å². The zero-order valence-corrected chi connectivity index (χ0v) is 22.9. The Labute approximate surface area is 213 Å². The highest BCUT2D eigenvalue weighted by atomic mass is 79.9. The summed E-state index contributed by atoms with van der Waals surface area (Å²) < 4.78 is 22.3. The number of benzene rings is 2. The van der Waals surface area contributed by atoms with Crippen molar-refractivity contribution in [2.45, 2.75) is 33.1 Å². The summed E-state index contributed by atoms with van der Waals surface area (Å²) in [6.07, 6.45) is 1.42. The van der Waals surface area contributed by atoms with E-state index in [1.54, 1.807) is 25.3 Å². The maximum absolute atomic E-state index is 10.9. The van der Waals surface area contributed by atoms with Gasteiger partial charge in [0.05, 0.1) is 14.2 Å². The van der Waals surface area contributed by atoms with E-state index in [0.717, 1.165) is 12.3 Å². The van der Waals surface area contributed by atoms with Gasteiger partial charge in [-0.25, -0.2) is 0 Å². The van der Waals surface area contributed by atoms with Crippen LogP contribution in [0.1, 0.15) is 28.1 Å². The number of carbonyl (C=O) groups excluding carboxylic acids is 2. The smallest absolute Gasteiger partial charge is 0.189 e. The molecule has 33 heavy (non-hydrogen) atoms. The first kappa shape index (κ1) is 31.1. The Hall–Kier alpha value is -1.88. The number of phenolic OH excluding ortho intramolecular Hbond substituents is 1. The largest absolute Gasteiger partial charge is 0.504 e. The molecule has 0 saturated carbocycles. The number of ether oxygens (including phenoxy) is 4. The lowest BCUT2D eigenvalue weighted by atomic mass is 10.2. The predicted molar refractivity (Wildman–Crippen MR) is 140 cm³/mol. The number of rotatable bonds is 10. The van der Waals surface area contributed by atoms with Crippen molar-refractivity contribution in [3.8, 4) is 23.0 Å². The lowest BCUT2D eigenvalue weighted by Gasteiger charge is -2.16. The monoisotopic (exact) mass is 606 g/mol. The van der Waals surface area contributed by atoms with E-state index in [4.69, 9.17) is 18.9 Å². The first-order valence-electron chi connectivity index (χ1n) is 9.61. The lowest BCUT2D eigenvalue weighted by molar-refractivity contribution is 0.0205. The van der Waals surface area contributed by atoms with Crippen molar-refractivity contribution in [2.24, 2.45) is 0 Å². The number of phenols is 1. The molecule has 0 bridgehead atoms. The molecule has 0 atom stereocenters. The summed E-state index contributed by atoms with van der Waals surface area (Å²) in [5.41, 5.74) is 0.913. The van der Waals surface area contributed by atoms with Crippen LogP contribution in [0.4, 0.5) is 0 Å². The van der Waals surface area contributed by atoms with Crippen LogP contribution in [-0.2, 0) is 4.74 Å². The van der Waals surface area contributed by atoms with Gasteiger partial charge in [0.1, 0.15) is 0 Å². The summed E-state index contributed by atoms with van der Waals surface area (Å²) in [5, 5.41) is 9.24. The van der Waals surface area contributed by atoms with Crippen molar-refractivity contribution < 1.29 is 33.6 Å². The zero-order valence-electron chi connectivity index (χ0n) is 18.7. The third-order valence-electron chi connectivity index (χ3n) is 4.13. The van der Waals surface area contributed by atoms with Crippen molar-refractivity contribution in [2.75, 3.05) is 27.6 Å². The van der Waals surface area contributed by atoms with Crippen LogP contribution in [0.2, 0.25) is 25.7 Å². The molecule has 2 aromatic carbocycles. The van der Waals surface area contributed by atoms with Crippen molar-refractivity contribution in [1.29, 1.82) is 0 Å². The second-order valence-electron chi connectivity index (χ2n) is 7.79. The summed E-state index contributed by atoms with van der Waals surface area (Å²) in [6, 6.07) is 7.32. The molecule has 2 aromatic rings. The van der Waals surface area contributed by atoms with E-state index in [9.17, 15) is 14.7 Å². The van der Waals surface area contributed by atoms with Gasteiger partial charge in [0.15, 0.2) is 42.4 Å². The first-order chi connectivity index (χ1) is 15.1. The topological polar surface area (TPSA) is 91.3 Å². The molecule has 0 aromatic heterocycles. The molecule has 0 fully saturated rings. The molecule has 10 heteroatoms. The Morgan fingerprint density at radius 1 is 0.879 bits per heavy atom. The Balaban J connectivity index is 0.000000675. The maximum Gasteiger partial charge on any atom is 0.189 e. The minimum Gasteiger partial charge on any atom is -0.504 e. The molecule has 0 heterocycles. The molecule has 7 nitrogen and oxygen atoms in total. The second-order valence-corrected chi connectivity index (χ2v) is 15.1. The van der Waals surface area contributed by atoms with E-state index < -0.39 is 8.07 Å². The Bertz CT molecular complexity index is 915. The molecule has 0 aliphatic carbocycles. The third kappa shape index (κ3) is 10.7. The fourth-order valence-electron chi connectivity index (χ4n) is 2.27. The Kier molecular flexibility index (Phi) is 14.2. The van der Waals surface area contributed by atoms with Crippen LogP contribution in [-0.4, -0.2) is 53.4 Å². The number of hydrogen-bond donors (Lipinski definition) is 1. The van der Waals surface area contributed by atoms with Crippen molar-refractivity contribution in [1.82, 2.24) is 0 Å². The molecule has 0 amide bonds. The average molecular weight is 608 g/mol. The third-order valence-corrected chi connectivity index (χ3v) is 7.21. The normalized spacial score (nSPS) is 10.3. The molecule has 0 spiro atoms. The van der Waals surface area contributed by atoms with Crippen LogP contribution in [0.15, 0.2) is 33.2 Å². The van der Waals surface area contributed by atoms with Crippen LogP contribution >= 0.6 is 31.9 Å². The Morgan fingerprint density at radius 3 is 1.88 bits per heavy atom. The summed E-state index contributed by atoms with van der Waals surface area (Å²) in [4.78, 5) is 21.3. The molecule has 0 radical (unpaired) electrons. The van der Waals surface area contributed by atoms with Crippen molar-refractivity contribution >= 4 is 52.5 Å². The van der Waals surface area contributed by atoms with Crippen LogP contribution in [0.25, 0.3) is 0 Å². The first-order valence-corrected chi connectivity index (χ1v) is 14.9. The van der Waals surface area contributed by atoms with Crippen LogP contribution in [0.5, 0.6) is 23.0 Å². The van der Waals surface area contributed by atoms with E-state index in [1.165, 1.54) is 13.2 Å². The van der Waals surface area contributed by atoms with Crippen molar-refractivity contribution in [3.05, 3.63) is 44.3 Å². The summed E-state index contributed by atoms with van der Waals surface area (Å²) in [6.45, 7) is 7.73. The number of halogens is 2. The molecule has 0 aliphatic heterocycles. The van der Waals surface area contributed by atoms with E-state index in [0.29, 0.717) is 50.2 Å². The van der Waals surface area contributed by atoms with Gasteiger partial charge in [-0.3, -0.25) is 9.59 Å². The fourth-order valence-corrected chi connectivity index (χ4v) is 3.86. The molecule has 2 rings (SSSR count). The van der Waals surface area contributed by atoms with E-state index in [1.807, 2.05) is 0 Å². The highest BCUT2D eigenvalue weighted by Crippen LogP contribution is 2.33. The number of aromatic hydroxyl groups is 1. The molecule has 0 unspecified atom stereocenters. The second kappa shape index (κ2) is 15.1. The van der Waals surface area contributed by atoms with E-state index >= 15 is 0 Å². The number of hydrogen-bond acceptors (Lipinski definition) is 7. The van der Waals surface area contributed by atoms with Gasteiger partial charge in [0, 0.05) is 34.8 Å². The maximum atomic E-state index is 10.9. The molecular formula is C23H32Br2O7Si. The van der Waals surface area contributed by atoms with Gasteiger partial charge >= 0.3 is 0 Å². The van der Waals surface area contributed by atoms with Gasteiger partial charge in [-0.15, -0.1) is 0 Å². The van der Waals surface area contributed by atoms with E-state index in [2.05, 4.69) is 51.5 Å². The highest BCUT2D eigenvalue weighted by Gasteiger charge is 2.13. The highest BCUT2D eigenvalue weighted by molar-refractivity contribution is 9.10. The quantitative estimate of drug-likeness (QED) is 0.141. The van der Waals surface area contributed by atoms with E-state index in [-0.39, 0.29) is 20.0 Å². The molecule has 0 saturated heterocycles. The number of methoxy groups -OCH3 is 2. The zero-order chi connectivity index (χ0) is 24.3. The standard InChI is InChI=1S/C14H21BrO4Si.C8H7BrO3.CH4/c1-17-13-8-12(15)11(9-16)7-14(13)19-10-18-5-6-20(2,3)4;1-12-8-3-6(9)5(4-10)2-7(8)11;/h7-9H,5-6,10H2,1-4H3;2-4,11H,1H3;1H4. The molecule has 1 N–H and O–H groups in total. The summed E-state index contributed by atoms with van der Waals surface area (Å²) >= 11 is 6.46. The molecule has 184 valence electrons. The number of carbonyl (C=O) groups is 2. The van der Waals surface area contributed by atoms with Crippen LogP contribution < -0.4 is 14.2 Å². The van der Waals surface area contributed by atoms with Gasteiger partial charge in [-0.05, 0) is 62.2 Å². The van der Waals surface area contributed by atoms with Gasteiger partial charge < -0.3 is 24.1 Å². The minimum atomic E-state index is -1.08. The summed E-state index contributed by atoms with van der Waals surface area (Å²) in [5.74, 6) is 1.37.